The number of rotatable bonds is 7. The SMILES string of the molecule is C=CCN(Cc1cccc(C(F)(F)F)c1)c1ccc(NC(=O)OCC)c(N)c1. The number of carbonyl (C=O) groups excluding carboxylic acids is 1. The van der Waals surface area contributed by atoms with Crippen molar-refractivity contribution in [2.45, 2.75) is 19.6 Å². The van der Waals surface area contributed by atoms with E-state index in [0.717, 1.165) is 12.1 Å². The molecule has 0 spiro atoms. The Morgan fingerprint density at radius 2 is 2.04 bits per heavy atom. The van der Waals surface area contributed by atoms with Gasteiger partial charge in [-0.05, 0) is 42.8 Å². The third kappa shape index (κ3) is 5.67. The zero-order chi connectivity index (χ0) is 20.7. The van der Waals surface area contributed by atoms with E-state index in [1.165, 1.54) is 6.07 Å². The van der Waals surface area contributed by atoms with Crippen molar-refractivity contribution in [3.05, 3.63) is 66.2 Å². The molecule has 0 aliphatic rings. The molecule has 0 aliphatic heterocycles. The second kappa shape index (κ2) is 9.16. The number of nitrogens with zero attached hydrogens (tertiary/aromatic N) is 1. The predicted octanol–water partition coefficient (Wildman–Crippen LogP) is 5.05. The van der Waals surface area contributed by atoms with Crippen LogP contribution in [0.3, 0.4) is 0 Å². The average molecular weight is 393 g/mol. The number of ether oxygens (including phenoxy) is 1. The van der Waals surface area contributed by atoms with Crippen LogP contribution in [-0.2, 0) is 17.5 Å². The van der Waals surface area contributed by atoms with Gasteiger partial charge in [0.1, 0.15) is 0 Å². The van der Waals surface area contributed by atoms with Crippen LogP contribution in [0.5, 0.6) is 0 Å². The van der Waals surface area contributed by atoms with Crippen molar-refractivity contribution in [3.8, 4) is 0 Å². The topological polar surface area (TPSA) is 67.6 Å². The maximum Gasteiger partial charge on any atom is 0.416 e. The molecule has 28 heavy (non-hydrogen) atoms. The number of nitrogens with one attached hydrogen (secondary N) is 1. The van der Waals surface area contributed by atoms with Crippen molar-refractivity contribution in [3.63, 3.8) is 0 Å². The minimum atomic E-state index is -4.40. The lowest BCUT2D eigenvalue weighted by atomic mass is 10.1. The Kier molecular flexibility index (Phi) is 6.92. The minimum absolute atomic E-state index is 0.230. The summed E-state index contributed by atoms with van der Waals surface area (Å²) in [5.74, 6) is 0. The molecule has 0 aromatic heterocycles. The number of hydrogen-bond acceptors (Lipinski definition) is 4. The first kappa shape index (κ1) is 21.1. The van der Waals surface area contributed by atoms with Crippen LogP contribution in [0.25, 0.3) is 0 Å². The molecule has 0 aliphatic carbocycles. The monoisotopic (exact) mass is 393 g/mol. The molecule has 0 saturated carbocycles. The van der Waals surface area contributed by atoms with Gasteiger partial charge in [0.15, 0.2) is 0 Å². The van der Waals surface area contributed by atoms with E-state index in [-0.39, 0.29) is 13.2 Å². The van der Waals surface area contributed by atoms with Gasteiger partial charge in [0.05, 0.1) is 23.5 Å². The van der Waals surface area contributed by atoms with Gasteiger partial charge in [-0.1, -0.05) is 18.2 Å². The fourth-order valence-electron chi connectivity index (χ4n) is 2.62. The molecule has 0 heterocycles. The van der Waals surface area contributed by atoms with Crippen molar-refractivity contribution in [1.82, 2.24) is 0 Å². The molecule has 3 N–H and O–H groups in total. The summed E-state index contributed by atoms with van der Waals surface area (Å²) in [4.78, 5) is 13.4. The van der Waals surface area contributed by atoms with E-state index in [2.05, 4.69) is 11.9 Å². The molecule has 0 atom stereocenters. The first-order valence-electron chi connectivity index (χ1n) is 8.60. The smallest absolute Gasteiger partial charge is 0.416 e. The van der Waals surface area contributed by atoms with Crippen molar-refractivity contribution in [2.24, 2.45) is 0 Å². The first-order chi connectivity index (χ1) is 13.2. The zero-order valence-corrected chi connectivity index (χ0v) is 15.4. The largest absolute Gasteiger partial charge is 0.450 e. The highest BCUT2D eigenvalue weighted by Gasteiger charge is 2.30. The molecule has 0 bridgehead atoms. The first-order valence-corrected chi connectivity index (χ1v) is 8.60. The lowest BCUT2D eigenvalue weighted by Gasteiger charge is -2.25. The van der Waals surface area contributed by atoms with E-state index in [0.29, 0.717) is 29.2 Å². The van der Waals surface area contributed by atoms with E-state index in [9.17, 15) is 18.0 Å². The van der Waals surface area contributed by atoms with Gasteiger partial charge in [-0.2, -0.15) is 13.2 Å². The van der Waals surface area contributed by atoms with E-state index in [1.54, 1.807) is 37.3 Å². The number of amides is 1. The number of hydrogen-bond donors (Lipinski definition) is 2. The van der Waals surface area contributed by atoms with Crippen molar-refractivity contribution >= 4 is 23.2 Å². The molecule has 0 fully saturated rings. The van der Waals surface area contributed by atoms with Crippen LogP contribution in [0.2, 0.25) is 0 Å². The maximum atomic E-state index is 12.9. The quantitative estimate of drug-likeness (QED) is 0.510. The summed E-state index contributed by atoms with van der Waals surface area (Å²) in [6.07, 6.45) is -3.37. The summed E-state index contributed by atoms with van der Waals surface area (Å²) in [5, 5.41) is 2.53. The third-order valence-corrected chi connectivity index (χ3v) is 3.89. The Morgan fingerprint density at radius 1 is 1.29 bits per heavy atom. The van der Waals surface area contributed by atoms with Crippen LogP contribution in [0.4, 0.5) is 35.0 Å². The van der Waals surface area contributed by atoms with Gasteiger partial charge in [-0.3, -0.25) is 5.32 Å². The number of halogens is 3. The summed E-state index contributed by atoms with van der Waals surface area (Å²) in [6.45, 7) is 6.25. The van der Waals surface area contributed by atoms with Gasteiger partial charge in [0.2, 0.25) is 0 Å². The van der Waals surface area contributed by atoms with Gasteiger partial charge in [-0.15, -0.1) is 6.58 Å². The van der Waals surface area contributed by atoms with Gasteiger partial charge < -0.3 is 15.4 Å². The van der Waals surface area contributed by atoms with Crippen LogP contribution < -0.4 is 16.0 Å². The van der Waals surface area contributed by atoms with Crippen LogP contribution in [-0.4, -0.2) is 19.2 Å². The maximum absolute atomic E-state index is 12.9. The zero-order valence-electron chi connectivity index (χ0n) is 15.4. The van der Waals surface area contributed by atoms with Crippen LogP contribution in [0.1, 0.15) is 18.1 Å². The molecule has 0 saturated heterocycles. The number of nitrogens with two attached hydrogens (primary N) is 1. The Balaban J connectivity index is 2.23. The van der Waals surface area contributed by atoms with E-state index in [1.807, 2.05) is 4.90 Å². The molecule has 2 aromatic carbocycles. The highest BCUT2D eigenvalue weighted by molar-refractivity contribution is 5.89. The Hall–Kier alpha value is -3.16. The predicted molar refractivity (Wildman–Crippen MR) is 104 cm³/mol. The standard InChI is InChI=1S/C20H22F3N3O2/c1-3-10-26(13-14-6-5-7-15(11-14)20(21,22)23)16-8-9-18(17(24)12-16)25-19(27)28-4-2/h3,5-9,11-12H,1,4,10,13,24H2,2H3,(H,25,27). The van der Waals surface area contributed by atoms with E-state index < -0.39 is 17.8 Å². The second-order valence-corrected chi connectivity index (χ2v) is 5.98. The molecular formula is C20H22F3N3O2. The minimum Gasteiger partial charge on any atom is -0.450 e. The van der Waals surface area contributed by atoms with Crippen molar-refractivity contribution in [1.29, 1.82) is 0 Å². The normalized spacial score (nSPS) is 11.0. The number of nitrogen functional groups attached to an aromatic ring is 1. The number of alkyl halides is 3. The molecule has 1 amide bonds. The third-order valence-electron chi connectivity index (χ3n) is 3.89. The van der Waals surface area contributed by atoms with Crippen LogP contribution in [0, 0.1) is 0 Å². The molecule has 2 rings (SSSR count). The fourth-order valence-corrected chi connectivity index (χ4v) is 2.62. The fraction of sp³-hybridized carbons (Fsp3) is 0.250. The Morgan fingerprint density at radius 3 is 2.64 bits per heavy atom. The van der Waals surface area contributed by atoms with E-state index in [4.69, 9.17) is 10.5 Å². The highest BCUT2D eigenvalue weighted by Crippen LogP contribution is 2.31. The molecule has 8 heteroatoms. The average Bonchev–Trinajstić information content (AvgIpc) is 2.63. The number of anilines is 3. The summed E-state index contributed by atoms with van der Waals surface area (Å²) in [7, 11) is 0. The Labute approximate surface area is 161 Å². The summed E-state index contributed by atoms with van der Waals surface area (Å²) < 4.78 is 43.6. The number of carbonyl (C=O) groups is 1. The van der Waals surface area contributed by atoms with Crippen molar-refractivity contribution < 1.29 is 22.7 Å². The van der Waals surface area contributed by atoms with Crippen molar-refractivity contribution in [2.75, 3.05) is 29.1 Å². The molecular weight excluding hydrogens is 371 g/mol. The molecule has 0 unspecified atom stereocenters. The summed E-state index contributed by atoms with van der Waals surface area (Å²) in [5.41, 5.74) is 7.19. The van der Waals surface area contributed by atoms with Gasteiger partial charge in [-0.25, -0.2) is 4.79 Å². The lowest BCUT2D eigenvalue weighted by Crippen LogP contribution is -2.23. The van der Waals surface area contributed by atoms with Gasteiger partial charge >= 0.3 is 12.3 Å². The molecule has 150 valence electrons. The van der Waals surface area contributed by atoms with Gasteiger partial charge in [0, 0.05) is 18.8 Å². The van der Waals surface area contributed by atoms with Gasteiger partial charge in [0.25, 0.3) is 0 Å². The Bertz CT molecular complexity index is 838. The molecule has 2 aromatic rings. The van der Waals surface area contributed by atoms with Crippen LogP contribution in [0.15, 0.2) is 55.1 Å². The summed E-state index contributed by atoms with van der Waals surface area (Å²) in [6, 6.07) is 10.1. The highest BCUT2D eigenvalue weighted by atomic mass is 19.4. The van der Waals surface area contributed by atoms with E-state index >= 15 is 0 Å². The second-order valence-electron chi connectivity index (χ2n) is 5.98. The van der Waals surface area contributed by atoms with Crippen LogP contribution >= 0.6 is 0 Å². The molecule has 5 nitrogen and oxygen atoms in total. The summed E-state index contributed by atoms with van der Waals surface area (Å²) >= 11 is 0. The molecule has 0 radical (unpaired) electrons. The number of benzene rings is 2. The lowest BCUT2D eigenvalue weighted by molar-refractivity contribution is -0.137.